The molecule has 0 radical (unpaired) electrons. The molecular weight excluding hydrogens is 358 g/mol. The molecule has 0 atom stereocenters. The molecule has 0 unspecified atom stereocenters. The predicted molar refractivity (Wildman–Crippen MR) is 111 cm³/mol. The van der Waals surface area contributed by atoms with Crippen LogP contribution in [0.1, 0.15) is 36.5 Å². The number of rotatable bonds is 6. The van der Waals surface area contributed by atoms with E-state index in [4.69, 9.17) is 0 Å². The maximum absolute atomic E-state index is 12.8. The van der Waals surface area contributed by atoms with E-state index in [1.54, 1.807) is 4.31 Å². The van der Waals surface area contributed by atoms with E-state index >= 15 is 0 Å². The first kappa shape index (κ1) is 20.8. The Labute approximate surface area is 165 Å². The van der Waals surface area contributed by atoms with Crippen LogP contribution in [-0.4, -0.2) is 74.9 Å². The van der Waals surface area contributed by atoms with Crippen molar-refractivity contribution < 1.29 is 8.42 Å². The summed E-state index contributed by atoms with van der Waals surface area (Å²) in [6.07, 6.45) is 1.97. The number of likely N-dealkylation sites (N-methyl/N-ethyl adjacent to an activating group) is 1. The molecule has 2 aliphatic heterocycles. The van der Waals surface area contributed by atoms with Crippen molar-refractivity contribution in [1.29, 1.82) is 0 Å². The highest BCUT2D eigenvalue weighted by Crippen LogP contribution is 2.23. The lowest BCUT2D eigenvalue weighted by Crippen LogP contribution is -2.49. The van der Waals surface area contributed by atoms with Crippen LogP contribution in [-0.2, 0) is 15.8 Å². The summed E-state index contributed by atoms with van der Waals surface area (Å²) < 4.78 is 27.4. The van der Waals surface area contributed by atoms with Gasteiger partial charge >= 0.3 is 0 Å². The minimum absolute atomic E-state index is 0.123. The zero-order chi connectivity index (χ0) is 19.4. The van der Waals surface area contributed by atoms with Gasteiger partial charge in [-0.05, 0) is 55.8 Å². The van der Waals surface area contributed by atoms with Crippen molar-refractivity contribution in [1.82, 2.24) is 14.1 Å². The Kier molecular flexibility index (Phi) is 6.95. The van der Waals surface area contributed by atoms with Gasteiger partial charge in [-0.2, -0.15) is 0 Å². The Morgan fingerprint density at radius 3 is 2.15 bits per heavy atom. The second-order valence-electron chi connectivity index (χ2n) is 8.25. The Morgan fingerprint density at radius 2 is 1.56 bits per heavy atom. The fourth-order valence-corrected chi connectivity index (χ4v) is 5.77. The van der Waals surface area contributed by atoms with Crippen molar-refractivity contribution in [3.8, 4) is 0 Å². The smallest absolute Gasteiger partial charge is 0.218 e. The van der Waals surface area contributed by atoms with Gasteiger partial charge in [0, 0.05) is 45.8 Å². The maximum atomic E-state index is 12.8. The Bertz CT molecular complexity index is 719. The predicted octanol–water partition coefficient (Wildman–Crippen LogP) is 2.48. The lowest BCUT2D eigenvalue weighted by molar-refractivity contribution is 0.109. The second-order valence-corrected chi connectivity index (χ2v) is 10.2. The SMILES string of the molecule is CCN1CCN(CC2CCN(S(=O)(=O)Cc3ccc(C)c(C)c3)CC2)CC1. The van der Waals surface area contributed by atoms with Crippen LogP contribution in [0, 0.1) is 19.8 Å². The van der Waals surface area contributed by atoms with E-state index in [2.05, 4.69) is 23.6 Å². The van der Waals surface area contributed by atoms with Crippen LogP contribution in [0.4, 0.5) is 0 Å². The highest BCUT2D eigenvalue weighted by molar-refractivity contribution is 7.88. The van der Waals surface area contributed by atoms with Crippen LogP contribution in [0.15, 0.2) is 18.2 Å². The summed E-state index contributed by atoms with van der Waals surface area (Å²) in [6, 6.07) is 5.98. The zero-order valence-corrected chi connectivity index (χ0v) is 18.0. The quantitative estimate of drug-likeness (QED) is 0.745. The molecule has 2 fully saturated rings. The van der Waals surface area contributed by atoms with Crippen molar-refractivity contribution in [2.24, 2.45) is 5.92 Å². The van der Waals surface area contributed by atoms with Gasteiger partial charge in [0.25, 0.3) is 0 Å². The third-order valence-corrected chi connectivity index (χ3v) is 8.17. The fraction of sp³-hybridized carbons (Fsp3) is 0.714. The summed E-state index contributed by atoms with van der Waals surface area (Å²) in [7, 11) is -3.22. The maximum Gasteiger partial charge on any atom is 0.218 e. The van der Waals surface area contributed by atoms with Crippen LogP contribution in [0.2, 0.25) is 0 Å². The van der Waals surface area contributed by atoms with Gasteiger partial charge in [-0.15, -0.1) is 0 Å². The molecule has 0 spiro atoms. The first-order chi connectivity index (χ1) is 12.9. The van der Waals surface area contributed by atoms with E-state index in [0.29, 0.717) is 19.0 Å². The largest absolute Gasteiger partial charge is 0.301 e. The Hall–Kier alpha value is -0.950. The van der Waals surface area contributed by atoms with E-state index in [-0.39, 0.29) is 5.75 Å². The first-order valence-electron chi connectivity index (χ1n) is 10.4. The van der Waals surface area contributed by atoms with Gasteiger partial charge in [-0.1, -0.05) is 25.1 Å². The first-order valence-corrected chi connectivity index (χ1v) is 12.0. The van der Waals surface area contributed by atoms with Crippen LogP contribution in [0.25, 0.3) is 0 Å². The van der Waals surface area contributed by atoms with Gasteiger partial charge in [0.15, 0.2) is 0 Å². The van der Waals surface area contributed by atoms with E-state index in [0.717, 1.165) is 50.1 Å². The molecule has 5 nitrogen and oxygen atoms in total. The third kappa shape index (κ3) is 5.53. The molecule has 0 amide bonds. The average molecular weight is 394 g/mol. The molecule has 27 heavy (non-hydrogen) atoms. The molecule has 0 N–H and O–H groups in total. The van der Waals surface area contributed by atoms with Crippen molar-refractivity contribution in [3.05, 3.63) is 34.9 Å². The number of hydrogen-bond acceptors (Lipinski definition) is 4. The lowest BCUT2D eigenvalue weighted by atomic mass is 9.97. The van der Waals surface area contributed by atoms with Gasteiger partial charge in [-0.3, -0.25) is 0 Å². The molecule has 1 aromatic carbocycles. The highest BCUT2D eigenvalue weighted by atomic mass is 32.2. The van der Waals surface area contributed by atoms with Gasteiger partial charge in [0.2, 0.25) is 10.0 Å². The van der Waals surface area contributed by atoms with Crippen molar-refractivity contribution in [2.75, 3.05) is 52.4 Å². The van der Waals surface area contributed by atoms with Crippen molar-refractivity contribution in [2.45, 2.75) is 39.4 Å². The van der Waals surface area contributed by atoms with Crippen LogP contribution in [0.5, 0.6) is 0 Å². The highest BCUT2D eigenvalue weighted by Gasteiger charge is 2.29. The lowest BCUT2D eigenvalue weighted by Gasteiger charge is -2.38. The van der Waals surface area contributed by atoms with Crippen LogP contribution in [0.3, 0.4) is 0 Å². The normalized spacial score (nSPS) is 21.6. The average Bonchev–Trinajstić information content (AvgIpc) is 2.66. The van der Waals surface area contributed by atoms with Gasteiger partial charge in [0.05, 0.1) is 5.75 Å². The molecule has 1 aromatic rings. The number of aryl methyl sites for hydroxylation is 2. The molecule has 0 saturated carbocycles. The molecular formula is C21H35N3O2S. The number of piperazine rings is 1. The summed E-state index contributed by atoms with van der Waals surface area (Å²) in [4.78, 5) is 5.06. The molecule has 0 bridgehead atoms. The van der Waals surface area contributed by atoms with Crippen LogP contribution < -0.4 is 0 Å². The number of hydrogen-bond donors (Lipinski definition) is 0. The summed E-state index contributed by atoms with van der Waals surface area (Å²) in [6.45, 7) is 14.6. The number of piperidine rings is 1. The van der Waals surface area contributed by atoms with Crippen molar-refractivity contribution >= 4 is 10.0 Å². The van der Waals surface area contributed by atoms with Crippen LogP contribution >= 0.6 is 0 Å². The topological polar surface area (TPSA) is 43.9 Å². The van der Waals surface area contributed by atoms with Gasteiger partial charge < -0.3 is 9.80 Å². The summed E-state index contributed by atoms with van der Waals surface area (Å²) >= 11 is 0. The summed E-state index contributed by atoms with van der Waals surface area (Å²) in [5.41, 5.74) is 3.26. The molecule has 0 aromatic heterocycles. The minimum Gasteiger partial charge on any atom is -0.301 e. The Morgan fingerprint density at radius 1 is 0.926 bits per heavy atom. The van der Waals surface area contributed by atoms with Crippen molar-refractivity contribution in [3.63, 3.8) is 0 Å². The van der Waals surface area contributed by atoms with Gasteiger partial charge in [-0.25, -0.2) is 12.7 Å². The molecule has 2 aliphatic rings. The van der Waals surface area contributed by atoms with E-state index in [9.17, 15) is 8.42 Å². The Balaban J connectivity index is 1.48. The van der Waals surface area contributed by atoms with E-state index < -0.39 is 10.0 Å². The monoisotopic (exact) mass is 393 g/mol. The number of nitrogens with zero attached hydrogens (tertiary/aromatic N) is 3. The second kappa shape index (κ2) is 9.03. The molecule has 2 saturated heterocycles. The summed E-state index contributed by atoms with van der Waals surface area (Å²) in [5.74, 6) is 0.754. The van der Waals surface area contributed by atoms with E-state index in [1.165, 1.54) is 18.7 Å². The third-order valence-electron chi connectivity index (χ3n) is 6.32. The number of sulfonamides is 1. The van der Waals surface area contributed by atoms with Gasteiger partial charge in [0.1, 0.15) is 0 Å². The molecule has 152 valence electrons. The molecule has 2 heterocycles. The van der Waals surface area contributed by atoms with E-state index in [1.807, 2.05) is 25.1 Å². The summed E-state index contributed by atoms with van der Waals surface area (Å²) in [5, 5.41) is 0. The molecule has 6 heteroatoms. The zero-order valence-electron chi connectivity index (χ0n) is 17.2. The minimum atomic E-state index is -3.22. The fourth-order valence-electron chi connectivity index (χ4n) is 4.22. The standard InChI is InChI=1S/C21H35N3O2S/c1-4-22-11-13-23(14-12-22)16-20-7-9-24(10-8-20)27(25,26)17-21-6-5-18(2)19(3)15-21/h5-6,15,20H,4,7-14,16-17H2,1-3H3. The number of benzene rings is 1. The molecule has 0 aliphatic carbocycles. The molecule has 3 rings (SSSR count).